The van der Waals surface area contributed by atoms with E-state index >= 15 is 0 Å². The van der Waals surface area contributed by atoms with E-state index in [0.29, 0.717) is 6.54 Å². The third-order valence-electron chi connectivity index (χ3n) is 1.99. The standard InChI is InChI=1S/C9H9BrN2OS/c10-8-6(1-3-11)14-5-2-4-12-9(13)7(5)8/h2,4H,1,3,11H2,(H,12,13). The zero-order valence-corrected chi connectivity index (χ0v) is 9.74. The Hall–Kier alpha value is -0.650. The van der Waals surface area contributed by atoms with Crippen molar-refractivity contribution in [2.24, 2.45) is 5.73 Å². The monoisotopic (exact) mass is 272 g/mol. The molecule has 2 heterocycles. The predicted molar refractivity (Wildman–Crippen MR) is 62.9 cm³/mol. The molecule has 2 aromatic rings. The first-order valence-electron chi connectivity index (χ1n) is 4.22. The molecule has 74 valence electrons. The summed E-state index contributed by atoms with van der Waals surface area (Å²) in [5.41, 5.74) is 5.44. The van der Waals surface area contributed by atoms with Crippen LogP contribution < -0.4 is 11.3 Å². The molecule has 3 N–H and O–H groups in total. The average Bonchev–Trinajstić information content (AvgIpc) is 2.46. The molecule has 0 saturated carbocycles. The van der Waals surface area contributed by atoms with Crippen LogP contribution in [0.5, 0.6) is 0 Å². The van der Waals surface area contributed by atoms with Gasteiger partial charge in [0.15, 0.2) is 0 Å². The molecule has 0 radical (unpaired) electrons. The van der Waals surface area contributed by atoms with Gasteiger partial charge in [-0.1, -0.05) is 0 Å². The van der Waals surface area contributed by atoms with Gasteiger partial charge in [0.2, 0.25) is 0 Å². The molecule has 2 rings (SSSR count). The molecule has 2 aromatic heterocycles. The summed E-state index contributed by atoms with van der Waals surface area (Å²) >= 11 is 5.05. The Labute approximate surface area is 93.1 Å². The molecule has 0 aliphatic carbocycles. The van der Waals surface area contributed by atoms with Crippen LogP contribution in [0.1, 0.15) is 4.88 Å². The number of hydrogen-bond donors (Lipinski definition) is 2. The van der Waals surface area contributed by atoms with E-state index in [1.54, 1.807) is 17.5 Å². The topological polar surface area (TPSA) is 58.9 Å². The Bertz CT molecular complexity index is 517. The van der Waals surface area contributed by atoms with E-state index in [1.165, 1.54) is 0 Å². The van der Waals surface area contributed by atoms with Gasteiger partial charge in [-0.2, -0.15) is 0 Å². The van der Waals surface area contributed by atoms with Crippen molar-refractivity contribution in [1.29, 1.82) is 0 Å². The molecule has 0 spiro atoms. The minimum Gasteiger partial charge on any atom is -0.330 e. The van der Waals surface area contributed by atoms with E-state index in [2.05, 4.69) is 20.9 Å². The number of aromatic nitrogens is 1. The molecule has 0 aliphatic rings. The summed E-state index contributed by atoms with van der Waals surface area (Å²) in [6.07, 6.45) is 2.47. The lowest BCUT2D eigenvalue weighted by molar-refractivity contribution is 0.985. The quantitative estimate of drug-likeness (QED) is 0.877. The van der Waals surface area contributed by atoms with Gasteiger partial charge < -0.3 is 10.7 Å². The van der Waals surface area contributed by atoms with Crippen molar-refractivity contribution in [2.75, 3.05) is 6.54 Å². The van der Waals surface area contributed by atoms with Gasteiger partial charge in [0.1, 0.15) is 0 Å². The summed E-state index contributed by atoms with van der Waals surface area (Å²) in [7, 11) is 0. The summed E-state index contributed by atoms with van der Waals surface area (Å²) in [6.45, 7) is 0.601. The van der Waals surface area contributed by atoms with Gasteiger partial charge in [0.05, 0.1) is 5.39 Å². The zero-order valence-electron chi connectivity index (χ0n) is 7.34. The molecule has 0 amide bonds. The van der Waals surface area contributed by atoms with E-state index in [-0.39, 0.29) is 5.56 Å². The number of nitrogens with two attached hydrogens (primary N) is 1. The lowest BCUT2D eigenvalue weighted by atomic mass is 10.3. The van der Waals surface area contributed by atoms with Crippen LogP contribution in [0.15, 0.2) is 21.5 Å². The molecule has 0 saturated heterocycles. The fourth-order valence-corrected chi connectivity index (χ4v) is 3.44. The number of H-pyrrole nitrogens is 1. The van der Waals surface area contributed by atoms with E-state index in [9.17, 15) is 4.79 Å². The van der Waals surface area contributed by atoms with E-state index in [4.69, 9.17) is 5.73 Å². The van der Waals surface area contributed by atoms with Gasteiger partial charge in [0.25, 0.3) is 5.56 Å². The highest BCUT2D eigenvalue weighted by molar-refractivity contribution is 9.10. The number of hydrogen-bond acceptors (Lipinski definition) is 3. The van der Waals surface area contributed by atoms with Crippen molar-refractivity contribution < 1.29 is 0 Å². The Morgan fingerprint density at radius 2 is 2.36 bits per heavy atom. The van der Waals surface area contributed by atoms with Gasteiger partial charge in [0, 0.05) is 20.2 Å². The summed E-state index contributed by atoms with van der Waals surface area (Å²) in [6, 6.07) is 1.91. The molecule has 0 aliphatic heterocycles. The SMILES string of the molecule is NCCc1sc2cc[nH]c(=O)c2c1Br. The molecule has 0 atom stereocenters. The number of fused-ring (bicyclic) bond motifs is 1. The van der Waals surface area contributed by atoms with Crippen molar-refractivity contribution in [3.63, 3.8) is 0 Å². The second kappa shape index (κ2) is 3.84. The Morgan fingerprint density at radius 1 is 1.57 bits per heavy atom. The highest BCUT2D eigenvalue weighted by Crippen LogP contribution is 2.33. The maximum Gasteiger partial charge on any atom is 0.257 e. The maximum absolute atomic E-state index is 11.5. The van der Waals surface area contributed by atoms with Crippen molar-refractivity contribution >= 4 is 37.4 Å². The van der Waals surface area contributed by atoms with Gasteiger partial charge in [-0.05, 0) is 35.0 Å². The van der Waals surface area contributed by atoms with E-state index in [1.807, 2.05) is 6.07 Å². The fraction of sp³-hybridized carbons (Fsp3) is 0.222. The fourth-order valence-electron chi connectivity index (χ4n) is 1.36. The van der Waals surface area contributed by atoms with Crippen LogP contribution in [0.4, 0.5) is 0 Å². The van der Waals surface area contributed by atoms with Crippen molar-refractivity contribution in [1.82, 2.24) is 4.98 Å². The third-order valence-corrected chi connectivity index (χ3v) is 4.34. The lowest BCUT2D eigenvalue weighted by Crippen LogP contribution is -2.04. The van der Waals surface area contributed by atoms with Gasteiger partial charge in [-0.15, -0.1) is 11.3 Å². The second-order valence-electron chi connectivity index (χ2n) is 2.92. The van der Waals surface area contributed by atoms with E-state index < -0.39 is 0 Å². The highest BCUT2D eigenvalue weighted by Gasteiger charge is 2.11. The first-order valence-corrected chi connectivity index (χ1v) is 5.83. The first-order chi connectivity index (χ1) is 6.74. The Balaban J connectivity index is 2.74. The normalized spacial score (nSPS) is 11.0. The smallest absolute Gasteiger partial charge is 0.257 e. The van der Waals surface area contributed by atoms with Gasteiger partial charge in [-0.3, -0.25) is 4.79 Å². The molecular weight excluding hydrogens is 264 g/mol. The van der Waals surface area contributed by atoms with Crippen LogP contribution in [0.25, 0.3) is 10.1 Å². The number of thiophene rings is 1. The van der Waals surface area contributed by atoms with Crippen LogP contribution in [0.3, 0.4) is 0 Å². The third kappa shape index (κ3) is 1.51. The summed E-state index contributed by atoms with van der Waals surface area (Å²) in [5, 5.41) is 0.737. The molecule has 14 heavy (non-hydrogen) atoms. The molecule has 0 unspecified atom stereocenters. The summed E-state index contributed by atoms with van der Waals surface area (Å²) in [5.74, 6) is 0. The van der Waals surface area contributed by atoms with Gasteiger partial charge in [-0.25, -0.2) is 0 Å². The Morgan fingerprint density at radius 3 is 3.00 bits per heavy atom. The molecular formula is C9H9BrN2OS. The van der Waals surface area contributed by atoms with Crippen molar-refractivity contribution in [3.8, 4) is 0 Å². The zero-order chi connectivity index (χ0) is 10.1. The summed E-state index contributed by atoms with van der Waals surface area (Å²) < 4.78 is 1.90. The van der Waals surface area contributed by atoms with Crippen molar-refractivity contribution in [3.05, 3.63) is 32.0 Å². The highest BCUT2D eigenvalue weighted by atomic mass is 79.9. The van der Waals surface area contributed by atoms with Crippen LogP contribution in [0.2, 0.25) is 0 Å². The predicted octanol–water partition coefficient (Wildman–Crippen LogP) is 1.85. The van der Waals surface area contributed by atoms with Gasteiger partial charge >= 0.3 is 0 Å². The molecule has 3 nitrogen and oxygen atoms in total. The average molecular weight is 273 g/mol. The van der Waals surface area contributed by atoms with Crippen LogP contribution in [-0.4, -0.2) is 11.5 Å². The number of aromatic amines is 1. The molecule has 5 heteroatoms. The summed E-state index contributed by atoms with van der Waals surface area (Å²) in [4.78, 5) is 15.3. The largest absolute Gasteiger partial charge is 0.330 e. The van der Waals surface area contributed by atoms with E-state index in [0.717, 1.165) is 25.9 Å². The van der Waals surface area contributed by atoms with Crippen LogP contribution >= 0.6 is 27.3 Å². The molecule has 0 aromatic carbocycles. The number of pyridine rings is 1. The first kappa shape index (κ1) is 9.89. The number of rotatable bonds is 2. The minimum absolute atomic E-state index is 0.0473. The number of halogens is 1. The minimum atomic E-state index is -0.0473. The second-order valence-corrected chi connectivity index (χ2v) is 4.85. The van der Waals surface area contributed by atoms with Crippen LogP contribution in [0, 0.1) is 0 Å². The molecule has 0 bridgehead atoms. The number of nitrogens with one attached hydrogen (secondary N) is 1. The van der Waals surface area contributed by atoms with Crippen molar-refractivity contribution in [2.45, 2.75) is 6.42 Å². The van der Waals surface area contributed by atoms with Crippen LogP contribution in [-0.2, 0) is 6.42 Å². The lowest BCUT2D eigenvalue weighted by Gasteiger charge is -1.92. The Kier molecular flexibility index (Phi) is 2.71. The maximum atomic E-state index is 11.5. The molecule has 0 fully saturated rings.